The van der Waals surface area contributed by atoms with Crippen molar-refractivity contribution in [2.24, 2.45) is 0 Å². The second-order valence-corrected chi connectivity index (χ2v) is 5.54. The summed E-state index contributed by atoms with van der Waals surface area (Å²) in [6.07, 6.45) is 2.65. The molecule has 0 atom stereocenters. The first-order chi connectivity index (χ1) is 11.7. The number of unbranched alkanes of at least 4 members (excludes halogenated alkanes) is 1. The molecule has 126 valence electrons. The number of carbonyl (C=O) groups is 1. The van der Waals surface area contributed by atoms with Crippen molar-refractivity contribution in [3.63, 3.8) is 0 Å². The van der Waals surface area contributed by atoms with E-state index in [0.717, 1.165) is 40.9 Å². The lowest BCUT2D eigenvalue weighted by Crippen LogP contribution is -2.09. The van der Waals surface area contributed by atoms with E-state index in [1.54, 1.807) is 7.11 Å². The average molecular weight is 324 g/mol. The number of methoxy groups -OCH3 is 2. The van der Waals surface area contributed by atoms with Gasteiger partial charge in [0, 0.05) is 5.57 Å². The van der Waals surface area contributed by atoms with E-state index in [0.29, 0.717) is 6.42 Å². The zero-order valence-corrected chi connectivity index (χ0v) is 14.5. The van der Waals surface area contributed by atoms with E-state index in [9.17, 15) is 4.79 Å². The van der Waals surface area contributed by atoms with Gasteiger partial charge in [0.05, 0.1) is 14.2 Å². The lowest BCUT2D eigenvalue weighted by Gasteiger charge is -2.15. The first-order valence-corrected chi connectivity index (χ1v) is 8.22. The maximum Gasteiger partial charge on any atom is 0.334 e. The molecular formula is C21H24O3. The summed E-state index contributed by atoms with van der Waals surface area (Å²) in [5.41, 5.74) is 3.65. The van der Waals surface area contributed by atoms with Crippen LogP contribution in [-0.4, -0.2) is 20.2 Å². The van der Waals surface area contributed by atoms with Crippen LogP contribution in [0.25, 0.3) is 5.57 Å². The fourth-order valence-electron chi connectivity index (χ4n) is 2.68. The Balaban J connectivity index is 2.62. The van der Waals surface area contributed by atoms with Gasteiger partial charge < -0.3 is 9.47 Å². The lowest BCUT2D eigenvalue weighted by molar-refractivity contribution is -0.136. The first kappa shape index (κ1) is 17.8. The summed E-state index contributed by atoms with van der Waals surface area (Å²) in [6, 6.07) is 17.8. The number of hydrogen-bond donors (Lipinski definition) is 0. The zero-order chi connectivity index (χ0) is 17.4. The van der Waals surface area contributed by atoms with Gasteiger partial charge >= 0.3 is 5.97 Å². The van der Waals surface area contributed by atoms with Gasteiger partial charge in [-0.3, -0.25) is 0 Å². The van der Waals surface area contributed by atoms with Crippen molar-refractivity contribution >= 4 is 11.5 Å². The molecule has 2 aromatic carbocycles. The minimum Gasteiger partial charge on any atom is -0.497 e. The van der Waals surface area contributed by atoms with Crippen molar-refractivity contribution < 1.29 is 14.3 Å². The minimum absolute atomic E-state index is 0.266. The van der Waals surface area contributed by atoms with Crippen LogP contribution in [0.2, 0.25) is 0 Å². The molecule has 0 spiro atoms. The smallest absolute Gasteiger partial charge is 0.334 e. The SMILES string of the molecule is CCCC/C(C(=O)OC)=C(/c1ccccc1)c1ccc(OC)cc1. The molecule has 0 aliphatic heterocycles. The maximum absolute atomic E-state index is 12.4. The summed E-state index contributed by atoms with van der Waals surface area (Å²) in [5.74, 6) is 0.525. The van der Waals surface area contributed by atoms with Crippen LogP contribution in [0.1, 0.15) is 37.3 Å². The quantitative estimate of drug-likeness (QED) is 0.539. The van der Waals surface area contributed by atoms with Crippen LogP contribution in [-0.2, 0) is 9.53 Å². The van der Waals surface area contributed by atoms with Gasteiger partial charge in [-0.15, -0.1) is 0 Å². The number of hydrogen-bond acceptors (Lipinski definition) is 3. The van der Waals surface area contributed by atoms with Gasteiger partial charge in [-0.25, -0.2) is 4.79 Å². The number of rotatable bonds is 7. The third-order valence-electron chi connectivity index (χ3n) is 3.96. The van der Waals surface area contributed by atoms with E-state index in [1.165, 1.54) is 7.11 Å². The molecule has 0 amide bonds. The topological polar surface area (TPSA) is 35.5 Å². The highest BCUT2D eigenvalue weighted by molar-refractivity contribution is 6.01. The molecule has 0 aromatic heterocycles. The Morgan fingerprint density at radius 3 is 2.08 bits per heavy atom. The normalized spacial score (nSPS) is 11.6. The molecule has 2 aromatic rings. The summed E-state index contributed by atoms with van der Waals surface area (Å²) in [7, 11) is 3.08. The third kappa shape index (κ3) is 4.25. The van der Waals surface area contributed by atoms with Crippen LogP contribution >= 0.6 is 0 Å². The molecule has 0 N–H and O–H groups in total. The van der Waals surface area contributed by atoms with Crippen LogP contribution in [0.4, 0.5) is 0 Å². The van der Waals surface area contributed by atoms with Crippen LogP contribution in [0.3, 0.4) is 0 Å². The van der Waals surface area contributed by atoms with Crippen LogP contribution in [0, 0.1) is 0 Å². The Labute approximate surface area is 143 Å². The molecule has 0 bridgehead atoms. The van der Waals surface area contributed by atoms with Crippen LogP contribution in [0.5, 0.6) is 5.75 Å². The fourth-order valence-corrected chi connectivity index (χ4v) is 2.68. The number of carbonyl (C=O) groups excluding carboxylic acids is 1. The molecule has 0 saturated heterocycles. The Hall–Kier alpha value is -2.55. The van der Waals surface area contributed by atoms with Gasteiger partial charge in [-0.05, 0) is 41.7 Å². The molecule has 0 fully saturated rings. The monoisotopic (exact) mass is 324 g/mol. The predicted molar refractivity (Wildman–Crippen MR) is 97.0 cm³/mol. The second-order valence-electron chi connectivity index (χ2n) is 5.54. The van der Waals surface area contributed by atoms with Gasteiger partial charge in [0.25, 0.3) is 0 Å². The third-order valence-corrected chi connectivity index (χ3v) is 3.96. The summed E-state index contributed by atoms with van der Waals surface area (Å²) in [6.45, 7) is 2.12. The van der Waals surface area contributed by atoms with Crippen molar-refractivity contribution in [3.8, 4) is 5.75 Å². The first-order valence-electron chi connectivity index (χ1n) is 8.22. The molecule has 24 heavy (non-hydrogen) atoms. The Bertz CT molecular complexity index is 685. The summed E-state index contributed by atoms with van der Waals surface area (Å²) >= 11 is 0. The van der Waals surface area contributed by atoms with Gasteiger partial charge in [-0.1, -0.05) is 55.8 Å². The predicted octanol–water partition coefficient (Wildman–Crippen LogP) is 4.86. The van der Waals surface area contributed by atoms with E-state index < -0.39 is 0 Å². The average Bonchev–Trinajstić information content (AvgIpc) is 2.65. The molecule has 0 aliphatic rings. The second kappa shape index (κ2) is 8.92. The van der Waals surface area contributed by atoms with Crippen LogP contribution < -0.4 is 4.74 Å². The highest BCUT2D eigenvalue weighted by Crippen LogP contribution is 2.31. The van der Waals surface area contributed by atoms with E-state index >= 15 is 0 Å². The fraction of sp³-hybridized carbons (Fsp3) is 0.286. The molecule has 3 nitrogen and oxygen atoms in total. The van der Waals surface area contributed by atoms with Crippen molar-refractivity contribution in [3.05, 3.63) is 71.3 Å². The Morgan fingerprint density at radius 1 is 0.917 bits per heavy atom. The van der Waals surface area contributed by atoms with Crippen molar-refractivity contribution in [2.75, 3.05) is 14.2 Å². The van der Waals surface area contributed by atoms with E-state index in [2.05, 4.69) is 6.92 Å². The Kier molecular flexibility index (Phi) is 6.62. The van der Waals surface area contributed by atoms with Gasteiger partial charge in [-0.2, -0.15) is 0 Å². The van der Waals surface area contributed by atoms with Crippen molar-refractivity contribution in [2.45, 2.75) is 26.2 Å². The molecule has 0 aliphatic carbocycles. The highest BCUT2D eigenvalue weighted by atomic mass is 16.5. The van der Waals surface area contributed by atoms with Gasteiger partial charge in [0.2, 0.25) is 0 Å². The summed E-state index contributed by atoms with van der Waals surface area (Å²) in [4.78, 5) is 12.4. The van der Waals surface area contributed by atoms with Crippen LogP contribution in [0.15, 0.2) is 60.2 Å². The molecule has 0 saturated carbocycles. The molecule has 2 rings (SSSR count). The standard InChI is InChI=1S/C21H24O3/c1-4-5-11-19(21(22)24-3)20(16-9-7-6-8-10-16)17-12-14-18(23-2)15-13-17/h6-10,12-15H,4-5,11H2,1-3H3/b20-19+. The molecular weight excluding hydrogens is 300 g/mol. The number of ether oxygens (including phenoxy) is 2. The lowest BCUT2D eigenvalue weighted by atomic mass is 9.90. The van der Waals surface area contributed by atoms with E-state index in [4.69, 9.17) is 9.47 Å². The zero-order valence-electron chi connectivity index (χ0n) is 14.5. The maximum atomic E-state index is 12.4. The summed E-state index contributed by atoms with van der Waals surface area (Å²) < 4.78 is 10.3. The summed E-state index contributed by atoms with van der Waals surface area (Å²) in [5, 5.41) is 0. The van der Waals surface area contributed by atoms with Crippen molar-refractivity contribution in [1.29, 1.82) is 0 Å². The molecule has 0 unspecified atom stereocenters. The molecule has 3 heteroatoms. The van der Waals surface area contributed by atoms with E-state index in [1.807, 2.05) is 54.6 Å². The largest absolute Gasteiger partial charge is 0.497 e. The number of esters is 1. The molecule has 0 heterocycles. The molecule has 0 radical (unpaired) electrons. The Morgan fingerprint density at radius 2 is 1.54 bits per heavy atom. The minimum atomic E-state index is -0.266. The van der Waals surface area contributed by atoms with E-state index in [-0.39, 0.29) is 5.97 Å². The van der Waals surface area contributed by atoms with Gasteiger partial charge in [0.15, 0.2) is 0 Å². The number of benzene rings is 2. The van der Waals surface area contributed by atoms with Gasteiger partial charge in [0.1, 0.15) is 5.75 Å². The van der Waals surface area contributed by atoms with Crippen molar-refractivity contribution in [1.82, 2.24) is 0 Å². The highest BCUT2D eigenvalue weighted by Gasteiger charge is 2.18.